The molecule has 0 spiro atoms. The highest BCUT2D eigenvalue weighted by Gasteiger charge is 2.29. The van der Waals surface area contributed by atoms with Gasteiger partial charge in [-0.3, -0.25) is 9.59 Å². The Morgan fingerprint density at radius 3 is 2.36 bits per heavy atom. The Morgan fingerprint density at radius 1 is 1.04 bits per heavy atom. The molecule has 0 saturated heterocycles. The molecule has 148 valence electrons. The summed E-state index contributed by atoms with van der Waals surface area (Å²) in [6.07, 6.45) is 1.92. The Bertz CT molecular complexity index is 826. The van der Waals surface area contributed by atoms with Crippen molar-refractivity contribution in [2.45, 2.75) is 45.6 Å². The Labute approximate surface area is 166 Å². The summed E-state index contributed by atoms with van der Waals surface area (Å²) in [5, 5.41) is 5.83. The van der Waals surface area contributed by atoms with Crippen LogP contribution >= 0.6 is 0 Å². The molecule has 0 heterocycles. The SMILES string of the molecule is CC(C)c1ccc(C(C)NC(=O)COc2cccc(NC(=O)C3CC3)c2)cc1. The second-order valence-electron chi connectivity index (χ2n) is 7.69. The summed E-state index contributed by atoms with van der Waals surface area (Å²) in [7, 11) is 0. The minimum atomic E-state index is -0.187. The predicted octanol–water partition coefficient (Wildman–Crippen LogP) is 4.41. The fourth-order valence-electron chi connectivity index (χ4n) is 2.94. The second-order valence-corrected chi connectivity index (χ2v) is 7.69. The smallest absolute Gasteiger partial charge is 0.258 e. The van der Waals surface area contributed by atoms with Crippen LogP contribution in [0.4, 0.5) is 5.69 Å². The number of carbonyl (C=O) groups is 2. The lowest BCUT2D eigenvalue weighted by atomic mass is 9.99. The van der Waals surface area contributed by atoms with Gasteiger partial charge in [0, 0.05) is 17.7 Å². The standard InChI is InChI=1S/C23H28N2O3/c1-15(2)17-7-9-18(10-8-17)16(3)24-22(26)14-28-21-6-4-5-20(13-21)25-23(27)19-11-12-19/h4-10,13,15-16,19H,11-12,14H2,1-3H3,(H,24,26)(H,25,27). The number of anilines is 1. The van der Waals surface area contributed by atoms with Gasteiger partial charge in [-0.2, -0.15) is 0 Å². The van der Waals surface area contributed by atoms with Gasteiger partial charge in [0.1, 0.15) is 5.75 Å². The monoisotopic (exact) mass is 380 g/mol. The fraction of sp³-hybridized carbons (Fsp3) is 0.391. The molecule has 0 aromatic heterocycles. The van der Waals surface area contributed by atoms with E-state index in [1.807, 2.05) is 25.1 Å². The van der Waals surface area contributed by atoms with Crippen LogP contribution in [-0.4, -0.2) is 18.4 Å². The lowest BCUT2D eigenvalue weighted by molar-refractivity contribution is -0.123. The van der Waals surface area contributed by atoms with Gasteiger partial charge < -0.3 is 15.4 Å². The molecule has 1 unspecified atom stereocenters. The van der Waals surface area contributed by atoms with E-state index in [-0.39, 0.29) is 30.4 Å². The van der Waals surface area contributed by atoms with Crippen molar-refractivity contribution in [1.29, 1.82) is 0 Å². The summed E-state index contributed by atoms with van der Waals surface area (Å²) >= 11 is 0. The Balaban J connectivity index is 1.48. The van der Waals surface area contributed by atoms with E-state index >= 15 is 0 Å². The van der Waals surface area contributed by atoms with Gasteiger partial charge in [-0.25, -0.2) is 0 Å². The highest BCUT2D eigenvalue weighted by Crippen LogP contribution is 2.30. The zero-order valence-corrected chi connectivity index (χ0v) is 16.7. The van der Waals surface area contributed by atoms with E-state index < -0.39 is 0 Å². The normalized spacial score (nSPS) is 14.4. The molecule has 5 heteroatoms. The van der Waals surface area contributed by atoms with Crippen LogP contribution in [0.2, 0.25) is 0 Å². The van der Waals surface area contributed by atoms with Gasteiger partial charge in [-0.1, -0.05) is 44.2 Å². The third kappa shape index (κ3) is 5.59. The van der Waals surface area contributed by atoms with Crippen molar-refractivity contribution in [1.82, 2.24) is 5.32 Å². The molecular weight excluding hydrogens is 352 g/mol. The molecule has 1 fully saturated rings. The lowest BCUT2D eigenvalue weighted by Gasteiger charge is -2.16. The zero-order valence-electron chi connectivity index (χ0n) is 16.7. The summed E-state index contributed by atoms with van der Waals surface area (Å²) in [4.78, 5) is 24.1. The van der Waals surface area contributed by atoms with E-state index in [2.05, 4.69) is 36.6 Å². The van der Waals surface area contributed by atoms with Crippen LogP contribution in [0.1, 0.15) is 56.7 Å². The molecule has 1 saturated carbocycles. The third-order valence-corrected chi connectivity index (χ3v) is 4.90. The zero-order chi connectivity index (χ0) is 20.1. The van der Waals surface area contributed by atoms with Gasteiger partial charge >= 0.3 is 0 Å². The van der Waals surface area contributed by atoms with Gasteiger partial charge in [0.2, 0.25) is 5.91 Å². The molecule has 0 radical (unpaired) electrons. The fourth-order valence-corrected chi connectivity index (χ4v) is 2.94. The van der Waals surface area contributed by atoms with Crippen molar-refractivity contribution in [3.63, 3.8) is 0 Å². The van der Waals surface area contributed by atoms with Crippen LogP contribution in [0.15, 0.2) is 48.5 Å². The number of nitrogens with one attached hydrogen (secondary N) is 2. The van der Waals surface area contributed by atoms with Crippen molar-refractivity contribution in [3.8, 4) is 5.75 Å². The van der Waals surface area contributed by atoms with Crippen molar-refractivity contribution < 1.29 is 14.3 Å². The van der Waals surface area contributed by atoms with Crippen LogP contribution in [0, 0.1) is 5.92 Å². The predicted molar refractivity (Wildman–Crippen MR) is 110 cm³/mol. The Kier molecular flexibility index (Phi) is 6.34. The molecule has 2 N–H and O–H groups in total. The minimum Gasteiger partial charge on any atom is -0.484 e. The summed E-state index contributed by atoms with van der Waals surface area (Å²) in [5.41, 5.74) is 3.02. The third-order valence-electron chi connectivity index (χ3n) is 4.90. The van der Waals surface area contributed by atoms with Crippen molar-refractivity contribution in [3.05, 3.63) is 59.7 Å². The molecule has 2 amide bonds. The lowest BCUT2D eigenvalue weighted by Crippen LogP contribution is -2.31. The maximum absolute atomic E-state index is 12.2. The first-order chi connectivity index (χ1) is 13.4. The molecule has 5 nitrogen and oxygen atoms in total. The van der Waals surface area contributed by atoms with Gasteiger partial charge in [-0.05, 0) is 48.9 Å². The molecule has 28 heavy (non-hydrogen) atoms. The highest BCUT2D eigenvalue weighted by molar-refractivity contribution is 5.94. The largest absolute Gasteiger partial charge is 0.484 e. The van der Waals surface area contributed by atoms with Crippen molar-refractivity contribution in [2.75, 3.05) is 11.9 Å². The molecule has 0 bridgehead atoms. The second kappa shape index (κ2) is 8.91. The van der Waals surface area contributed by atoms with E-state index in [0.29, 0.717) is 17.4 Å². The molecule has 1 aliphatic carbocycles. The van der Waals surface area contributed by atoms with Crippen LogP contribution < -0.4 is 15.4 Å². The molecule has 2 aromatic rings. The average Bonchev–Trinajstić information content (AvgIpc) is 3.52. The first kappa shape index (κ1) is 19.9. The van der Waals surface area contributed by atoms with Gasteiger partial charge in [0.15, 0.2) is 6.61 Å². The van der Waals surface area contributed by atoms with Crippen molar-refractivity contribution >= 4 is 17.5 Å². The van der Waals surface area contributed by atoms with Gasteiger partial charge in [0.05, 0.1) is 6.04 Å². The van der Waals surface area contributed by atoms with E-state index in [1.165, 1.54) is 5.56 Å². The number of hydrogen-bond donors (Lipinski definition) is 2. The minimum absolute atomic E-state index is 0.0483. The number of rotatable bonds is 8. The average molecular weight is 380 g/mol. The number of benzene rings is 2. The number of hydrogen-bond acceptors (Lipinski definition) is 3. The van der Waals surface area contributed by atoms with E-state index in [4.69, 9.17) is 4.74 Å². The maximum atomic E-state index is 12.2. The Hall–Kier alpha value is -2.82. The first-order valence-corrected chi connectivity index (χ1v) is 9.85. The number of amides is 2. The Morgan fingerprint density at radius 2 is 1.71 bits per heavy atom. The van der Waals surface area contributed by atoms with E-state index in [9.17, 15) is 9.59 Å². The molecule has 3 rings (SSSR count). The quantitative estimate of drug-likeness (QED) is 0.713. The first-order valence-electron chi connectivity index (χ1n) is 9.85. The molecule has 2 aromatic carbocycles. The van der Waals surface area contributed by atoms with Gasteiger partial charge in [-0.15, -0.1) is 0 Å². The summed E-state index contributed by atoms with van der Waals surface area (Å²) in [5.74, 6) is 1.04. The summed E-state index contributed by atoms with van der Waals surface area (Å²) in [6.45, 7) is 6.19. The van der Waals surface area contributed by atoms with E-state index in [0.717, 1.165) is 18.4 Å². The molecule has 0 aliphatic heterocycles. The van der Waals surface area contributed by atoms with E-state index in [1.54, 1.807) is 18.2 Å². The van der Waals surface area contributed by atoms with Crippen LogP contribution in [0.25, 0.3) is 0 Å². The number of carbonyl (C=O) groups excluding carboxylic acids is 2. The van der Waals surface area contributed by atoms with Crippen LogP contribution in [0.3, 0.4) is 0 Å². The maximum Gasteiger partial charge on any atom is 0.258 e. The molecule has 1 atom stereocenters. The van der Waals surface area contributed by atoms with Gasteiger partial charge in [0.25, 0.3) is 5.91 Å². The summed E-state index contributed by atoms with van der Waals surface area (Å²) < 4.78 is 5.59. The summed E-state index contributed by atoms with van der Waals surface area (Å²) in [6, 6.07) is 15.3. The molecular formula is C23H28N2O3. The van der Waals surface area contributed by atoms with Crippen LogP contribution in [0.5, 0.6) is 5.75 Å². The van der Waals surface area contributed by atoms with Crippen molar-refractivity contribution in [2.24, 2.45) is 5.92 Å². The number of ether oxygens (including phenoxy) is 1. The van der Waals surface area contributed by atoms with Crippen LogP contribution in [-0.2, 0) is 9.59 Å². The topological polar surface area (TPSA) is 67.4 Å². The molecule has 1 aliphatic rings. The highest BCUT2D eigenvalue weighted by atomic mass is 16.5.